The van der Waals surface area contributed by atoms with E-state index in [1.807, 2.05) is 0 Å². The third kappa shape index (κ3) is 1.36. The van der Waals surface area contributed by atoms with Crippen LogP contribution in [0.4, 0.5) is 0 Å². The minimum Gasteiger partial charge on any atom is -0.289 e. The molecule has 1 aliphatic heterocycles. The van der Waals surface area contributed by atoms with Crippen LogP contribution in [0.1, 0.15) is 32.1 Å². The van der Waals surface area contributed by atoms with E-state index in [-0.39, 0.29) is 0 Å². The maximum Gasteiger partial charge on any atom is 0.0601 e. The Bertz CT molecular complexity index is 192. The summed E-state index contributed by atoms with van der Waals surface area (Å²) in [6.45, 7) is 2.13. The van der Waals surface area contributed by atoms with Crippen molar-refractivity contribution in [3.05, 3.63) is 0 Å². The van der Waals surface area contributed by atoms with Gasteiger partial charge in [0.25, 0.3) is 0 Å². The summed E-state index contributed by atoms with van der Waals surface area (Å²) in [7, 11) is 0. The van der Waals surface area contributed by atoms with Gasteiger partial charge in [-0.3, -0.25) is 4.90 Å². The normalized spacial score (nSPS) is 35.9. The van der Waals surface area contributed by atoms with Crippen molar-refractivity contribution in [3.8, 4) is 12.3 Å². The third-order valence-corrected chi connectivity index (χ3v) is 3.42. The van der Waals surface area contributed by atoms with Gasteiger partial charge in [0.1, 0.15) is 0 Å². The first-order valence-corrected chi connectivity index (χ1v) is 5.09. The van der Waals surface area contributed by atoms with Crippen LogP contribution in [0.15, 0.2) is 0 Å². The Balaban J connectivity index is 1.97. The lowest BCUT2D eigenvalue weighted by molar-refractivity contribution is 0.200. The predicted octanol–water partition coefficient (Wildman–Crippen LogP) is 1.88. The molecule has 1 saturated heterocycles. The number of fused-ring (bicyclic) bond motifs is 1. The van der Waals surface area contributed by atoms with Gasteiger partial charge < -0.3 is 0 Å². The summed E-state index contributed by atoms with van der Waals surface area (Å²) >= 11 is 0. The fourth-order valence-corrected chi connectivity index (χ4v) is 2.82. The number of nitrogens with zero attached hydrogens (tertiary/aromatic N) is 1. The van der Waals surface area contributed by atoms with Gasteiger partial charge in [-0.2, -0.15) is 0 Å². The van der Waals surface area contributed by atoms with Gasteiger partial charge >= 0.3 is 0 Å². The van der Waals surface area contributed by atoms with Crippen LogP contribution in [0.25, 0.3) is 0 Å². The van der Waals surface area contributed by atoms with Crippen LogP contribution in [0, 0.1) is 18.3 Å². The van der Waals surface area contributed by atoms with Crippen molar-refractivity contribution in [2.75, 3.05) is 13.1 Å². The molecule has 0 N–H and O–H groups in total. The molecule has 0 aromatic rings. The van der Waals surface area contributed by atoms with E-state index >= 15 is 0 Å². The van der Waals surface area contributed by atoms with Gasteiger partial charge in [-0.15, -0.1) is 6.42 Å². The van der Waals surface area contributed by atoms with Crippen molar-refractivity contribution < 1.29 is 0 Å². The van der Waals surface area contributed by atoms with Crippen molar-refractivity contribution >= 4 is 0 Å². The Hall–Kier alpha value is -0.480. The summed E-state index contributed by atoms with van der Waals surface area (Å²) in [4.78, 5) is 2.50. The van der Waals surface area contributed by atoms with E-state index in [1.165, 1.54) is 38.6 Å². The molecule has 0 amide bonds. The molecule has 1 heteroatoms. The van der Waals surface area contributed by atoms with E-state index < -0.39 is 0 Å². The number of hydrogen-bond donors (Lipinski definition) is 0. The molecule has 2 rings (SSSR count). The molecule has 2 unspecified atom stereocenters. The Kier molecular flexibility index (Phi) is 2.37. The van der Waals surface area contributed by atoms with Crippen LogP contribution in [-0.2, 0) is 0 Å². The lowest BCUT2D eigenvalue weighted by Crippen LogP contribution is -2.34. The average molecular weight is 163 g/mol. The van der Waals surface area contributed by atoms with Gasteiger partial charge in [-0.05, 0) is 31.7 Å². The van der Waals surface area contributed by atoms with Crippen LogP contribution in [0.5, 0.6) is 0 Å². The first-order valence-electron chi connectivity index (χ1n) is 5.09. The zero-order valence-corrected chi connectivity index (χ0v) is 7.63. The standard InChI is InChI=1S/C11H17N/c1-2-8-12-9-7-10-5-3-4-6-11(10)12/h1,10-11H,3-9H2. The highest BCUT2D eigenvalue weighted by atomic mass is 15.2. The monoisotopic (exact) mass is 163 g/mol. The van der Waals surface area contributed by atoms with Crippen LogP contribution in [0.3, 0.4) is 0 Å². The van der Waals surface area contributed by atoms with Gasteiger partial charge in [0, 0.05) is 6.04 Å². The molecule has 1 heterocycles. The Morgan fingerprint density at radius 2 is 2.08 bits per heavy atom. The van der Waals surface area contributed by atoms with Crippen molar-refractivity contribution in [2.45, 2.75) is 38.1 Å². The quantitative estimate of drug-likeness (QED) is 0.533. The molecule has 0 bridgehead atoms. The Morgan fingerprint density at radius 3 is 2.92 bits per heavy atom. The minimum atomic E-state index is 0.842. The van der Waals surface area contributed by atoms with Gasteiger partial charge in [0.15, 0.2) is 0 Å². The summed E-state index contributed by atoms with van der Waals surface area (Å²) < 4.78 is 0. The van der Waals surface area contributed by atoms with Crippen molar-refractivity contribution in [1.82, 2.24) is 4.90 Å². The molecule has 1 aliphatic carbocycles. The van der Waals surface area contributed by atoms with Crippen molar-refractivity contribution in [3.63, 3.8) is 0 Å². The third-order valence-electron chi connectivity index (χ3n) is 3.42. The fraction of sp³-hybridized carbons (Fsp3) is 0.818. The summed E-state index contributed by atoms with van der Waals surface area (Å²) in [5.41, 5.74) is 0. The van der Waals surface area contributed by atoms with Crippen LogP contribution >= 0.6 is 0 Å². The van der Waals surface area contributed by atoms with Crippen LogP contribution < -0.4 is 0 Å². The molecule has 2 fully saturated rings. The van der Waals surface area contributed by atoms with E-state index in [9.17, 15) is 0 Å². The van der Waals surface area contributed by atoms with E-state index in [0.29, 0.717) is 0 Å². The SMILES string of the molecule is C#CCN1CCC2CCCCC21. The zero-order chi connectivity index (χ0) is 8.39. The number of terminal acetylenes is 1. The smallest absolute Gasteiger partial charge is 0.0601 e. The van der Waals surface area contributed by atoms with E-state index in [2.05, 4.69) is 10.8 Å². The summed E-state index contributed by atoms with van der Waals surface area (Å²) in [6.07, 6.45) is 12.4. The summed E-state index contributed by atoms with van der Waals surface area (Å²) in [5, 5.41) is 0. The van der Waals surface area contributed by atoms with Gasteiger partial charge in [0.05, 0.1) is 6.54 Å². The lowest BCUT2D eigenvalue weighted by Gasteiger charge is -2.30. The first-order chi connectivity index (χ1) is 5.92. The molecular formula is C11H17N. The molecule has 12 heavy (non-hydrogen) atoms. The second-order valence-corrected chi connectivity index (χ2v) is 4.08. The zero-order valence-electron chi connectivity index (χ0n) is 7.63. The summed E-state index contributed by atoms with van der Waals surface area (Å²) in [6, 6.07) is 0.842. The topological polar surface area (TPSA) is 3.24 Å². The minimum absolute atomic E-state index is 0.842. The van der Waals surface area contributed by atoms with E-state index in [0.717, 1.165) is 18.5 Å². The largest absolute Gasteiger partial charge is 0.289 e. The highest BCUT2D eigenvalue weighted by molar-refractivity contribution is 4.96. The molecule has 0 radical (unpaired) electrons. The molecule has 66 valence electrons. The van der Waals surface area contributed by atoms with Gasteiger partial charge in [0.2, 0.25) is 0 Å². The average Bonchev–Trinajstić information content (AvgIpc) is 2.50. The van der Waals surface area contributed by atoms with Crippen LogP contribution in [-0.4, -0.2) is 24.0 Å². The lowest BCUT2D eigenvalue weighted by atomic mass is 9.85. The maximum absolute atomic E-state index is 5.34. The van der Waals surface area contributed by atoms with E-state index in [1.54, 1.807) is 0 Å². The molecular weight excluding hydrogens is 146 g/mol. The van der Waals surface area contributed by atoms with E-state index in [4.69, 9.17) is 6.42 Å². The Labute approximate surface area is 75.1 Å². The molecule has 1 nitrogen and oxygen atoms in total. The maximum atomic E-state index is 5.34. The fourth-order valence-electron chi connectivity index (χ4n) is 2.82. The molecule has 0 spiro atoms. The predicted molar refractivity (Wildman–Crippen MR) is 50.8 cm³/mol. The van der Waals surface area contributed by atoms with Crippen LogP contribution in [0.2, 0.25) is 0 Å². The molecule has 0 aromatic carbocycles. The van der Waals surface area contributed by atoms with Crippen molar-refractivity contribution in [1.29, 1.82) is 0 Å². The number of rotatable bonds is 1. The molecule has 2 aliphatic rings. The van der Waals surface area contributed by atoms with Gasteiger partial charge in [-0.25, -0.2) is 0 Å². The first kappa shape index (κ1) is 8.13. The summed E-state index contributed by atoms with van der Waals surface area (Å²) in [5.74, 6) is 3.75. The molecule has 2 atom stereocenters. The Morgan fingerprint density at radius 1 is 1.25 bits per heavy atom. The second-order valence-electron chi connectivity index (χ2n) is 4.08. The second kappa shape index (κ2) is 3.49. The molecule has 1 saturated carbocycles. The highest BCUT2D eigenvalue weighted by Gasteiger charge is 2.34. The highest BCUT2D eigenvalue weighted by Crippen LogP contribution is 2.35. The number of likely N-dealkylation sites (tertiary alicyclic amines) is 1. The molecule has 0 aromatic heterocycles. The van der Waals surface area contributed by atoms with Gasteiger partial charge in [-0.1, -0.05) is 18.8 Å². The van der Waals surface area contributed by atoms with Crippen molar-refractivity contribution in [2.24, 2.45) is 5.92 Å². The number of hydrogen-bond acceptors (Lipinski definition) is 1.